The van der Waals surface area contributed by atoms with Gasteiger partial charge in [-0.3, -0.25) is 0 Å². The highest BCUT2D eigenvalue weighted by Crippen LogP contribution is 2.43. The number of aromatic nitrogens is 2. The fraction of sp³-hybridized carbons (Fsp3) is 0.238. The summed E-state index contributed by atoms with van der Waals surface area (Å²) >= 11 is 0. The number of anilines is 1. The minimum Gasteiger partial charge on any atom is -0.366 e. The third-order valence-electron chi connectivity index (χ3n) is 4.64. The summed E-state index contributed by atoms with van der Waals surface area (Å²) < 4.78 is 2.01. The van der Waals surface area contributed by atoms with Crippen molar-refractivity contribution in [3.8, 4) is 11.8 Å². The third-order valence-corrected chi connectivity index (χ3v) is 4.64. The van der Waals surface area contributed by atoms with E-state index in [2.05, 4.69) is 30.4 Å². The molecule has 0 aliphatic heterocycles. The fourth-order valence-electron chi connectivity index (χ4n) is 3.16. The highest BCUT2D eigenvalue weighted by Gasteiger charge is 2.30. The van der Waals surface area contributed by atoms with E-state index in [1.165, 1.54) is 24.1 Å². The van der Waals surface area contributed by atoms with Crippen molar-refractivity contribution in [3.05, 3.63) is 77.0 Å². The highest BCUT2D eigenvalue weighted by molar-refractivity contribution is 5.54. The Hall–Kier alpha value is -3.06. The van der Waals surface area contributed by atoms with Crippen molar-refractivity contribution in [3.63, 3.8) is 0 Å². The lowest BCUT2D eigenvalue weighted by atomic mass is 10.1. The van der Waals surface area contributed by atoms with E-state index in [0.29, 0.717) is 18.0 Å². The quantitative estimate of drug-likeness (QED) is 0.748. The molecule has 2 aromatic carbocycles. The molecule has 4 nitrogen and oxygen atoms in total. The Morgan fingerprint density at radius 3 is 2.68 bits per heavy atom. The molecule has 1 N–H and O–H groups in total. The van der Waals surface area contributed by atoms with E-state index in [-0.39, 0.29) is 0 Å². The Morgan fingerprint density at radius 1 is 1.16 bits per heavy atom. The molecule has 1 fully saturated rings. The number of para-hydroxylation sites is 1. The van der Waals surface area contributed by atoms with Gasteiger partial charge in [-0.25, -0.2) is 4.68 Å². The molecule has 1 aliphatic rings. The van der Waals surface area contributed by atoms with Gasteiger partial charge in [-0.2, -0.15) is 10.4 Å². The van der Waals surface area contributed by atoms with E-state index in [4.69, 9.17) is 10.4 Å². The van der Waals surface area contributed by atoms with Crippen molar-refractivity contribution >= 4 is 5.82 Å². The maximum Gasteiger partial charge on any atom is 0.133 e. The van der Waals surface area contributed by atoms with E-state index < -0.39 is 0 Å². The molecule has 0 amide bonds. The topological polar surface area (TPSA) is 53.6 Å². The van der Waals surface area contributed by atoms with Gasteiger partial charge in [0.2, 0.25) is 0 Å². The van der Waals surface area contributed by atoms with E-state index in [1.54, 1.807) is 0 Å². The van der Waals surface area contributed by atoms with Crippen LogP contribution in [0.2, 0.25) is 0 Å². The predicted molar refractivity (Wildman–Crippen MR) is 98.8 cm³/mol. The number of nitrogens with one attached hydrogen (secondary N) is 1. The van der Waals surface area contributed by atoms with Crippen LogP contribution in [-0.4, -0.2) is 9.78 Å². The lowest BCUT2D eigenvalue weighted by molar-refractivity contribution is 0.835. The summed E-state index contributed by atoms with van der Waals surface area (Å²) in [5, 5.41) is 17.5. The minimum absolute atomic E-state index is 0.604. The molecular weight excluding hydrogens is 308 g/mol. The lowest BCUT2D eigenvalue weighted by Crippen LogP contribution is -2.07. The maximum absolute atomic E-state index is 9.07. The van der Waals surface area contributed by atoms with Crippen molar-refractivity contribution in [2.24, 2.45) is 0 Å². The van der Waals surface area contributed by atoms with Gasteiger partial charge in [0, 0.05) is 18.0 Å². The zero-order chi connectivity index (χ0) is 17.2. The molecule has 0 radical (unpaired) electrons. The number of benzene rings is 2. The van der Waals surface area contributed by atoms with Crippen LogP contribution in [0.25, 0.3) is 5.69 Å². The van der Waals surface area contributed by atoms with Crippen LogP contribution in [0.4, 0.5) is 5.82 Å². The van der Waals surface area contributed by atoms with E-state index in [0.717, 1.165) is 17.1 Å². The Balaban J connectivity index is 1.67. The molecule has 1 heterocycles. The van der Waals surface area contributed by atoms with Crippen LogP contribution in [0.3, 0.4) is 0 Å². The second-order valence-corrected chi connectivity index (χ2v) is 6.55. The Labute approximate surface area is 147 Å². The molecule has 1 aromatic heterocycles. The fourth-order valence-corrected chi connectivity index (χ4v) is 3.16. The number of nitrogens with zero attached hydrogens (tertiary/aromatic N) is 3. The molecule has 3 aromatic rings. The third kappa shape index (κ3) is 3.14. The average Bonchev–Trinajstić information content (AvgIpc) is 3.45. The molecule has 4 heteroatoms. The molecule has 0 bridgehead atoms. The van der Waals surface area contributed by atoms with Crippen LogP contribution >= 0.6 is 0 Å². The van der Waals surface area contributed by atoms with E-state index >= 15 is 0 Å². The van der Waals surface area contributed by atoms with Crippen LogP contribution in [0, 0.1) is 18.3 Å². The second-order valence-electron chi connectivity index (χ2n) is 6.55. The standard InChI is InChI=1S/C21H20N4/c1-15-20(18-10-11-18)24-25(19-8-3-2-4-9-19)21(15)23-14-17-7-5-6-16(12-17)13-22/h2-9,12,18,23H,10-11,14H2,1H3. The maximum atomic E-state index is 9.07. The van der Waals surface area contributed by atoms with Gasteiger partial charge in [-0.15, -0.1) is 0 Å². The summed E-state index contributed by atoms with van der Waals surface area (Å²) in [6.45, 7) is 2.81. The van der Waals surface area contributed by atoms with Crippen molar-refractivity contribution in [2.45, 2.75) is 32.2 Å². The first-order chi connectivity index (χ1) is 12.3. The molecule has 1 saturated carbocycles. The molecule has 0 unspecified atom stereocenters. The number of hydrogen-bond donors (Lipinski definition) is 1. The van der Waals surface area contributed by atoms with Crippen LogP contribution < -0.4 is 5.32 Å². The number of hydrogen-bond acceptors (Lipinski definition) is 3. The molecule has 25 heavy (non-hydrogen) atoms. The first-order valence-corrected chi connectivity index (χ1v) is 8.64. The Kier molecular flexibility index (Phi) is 3.99. The van der Waals surface area contributed by atoms with Gasteiger partial charge in [0.25, 0.3) is 0 Å². The summed E-state index contributed by atoms with van der Waals surface area (Å²) in [5.41, 5.74) is 5.27. The Morgan fingerprint density at radius 2 is 1.96 bits per heavy atom. The number of rotatable bonds is 5. The molecule has 124 valence electrons. The highest BCUT2D eigenvalue weighted by atomic mass is 15.3. The van der Waals surface area contributed by atoms with Crippen molar-refractivity contribution in [1.29, 1.82) is 5.26 Å². The van der Waals surface area contributed by atoms with E-state index in [9.17, 15) is 0 Å². The van der Waals surface area contributed by atoms with Crippen molar-refractivity contribution in [2.75, 3.05) is 5.32 Å². The van der Waals surface area contributed by atoms with Gasteiger partial charge in [-0.1, -0.05) is 30.3 Å². The molecule has 0 atom stereocenters. The zero-order valence-electron chi connectivity index (χ0n) is 14.2. The van der Waals surface area contributed by atoms with Gasteiger partial charge in [0.15, 0.2) is 0 Å². The second kappa shape index (κ2) is 6.45. The van der Waals surface area contributed by atoms with Crippen molar-refractivity contribution in [1.82, 2.24) is 9.78 Å². The normalized spacial score (nSPS) is 13.4. The number of nitriles is 1. The van der Waals surface area contributed by atoms with Crippen LogP contribution in [-0.2, 0) is 6.54 Å². The molecule has 0 saturated heterocycles. The SMILES string of the molecule is Cc1c(C2CC2)nn(-c2ccccc2)c1NCc1cccc(C#N)c1. The largest absolute Gasteiger partial charge is 0.366 e. The summed E-state index contributed by atoms with van der Waals surface area (Å²) in [4.78, 5) is 0. The van der Waals surface area contributed by atoms with Gasteiger partial charge in [-0.05, 0) is 49.6 Å². The Bertz CT molecular complexity index is 930. The first kappa shape index (κ1) is 15.5. The summed E-state index contributed by atoms with van der Waals surface area (Å²) in [6, 6.07) is 20.1. The van der Waals surface area contributed by atoms with Gasteiger partial charge in [0.1, 0.15) is 5.82 Å². The van der Waals surface area contributed by atoms with Gasteiger partial charge >= 0.3 is 0 Å². The summed E-state index contributed by atoms with van der Waals surface area (Å²) in [5.74, 6) is 1.64. The van der Waals surface area contributed by atoms with E-state index in [1.807, 2.05) is 47.1 Å². The zero-order valence-corrected chi connectivity index (χ0v) is 14.2. The molecule has 0 spiro atoms. The predicted octanol–water partition coefficient (Wildman–Crippen LogP) is 4.54. The molecule has 1 aliphatic carbocycles. The lowest BCUT2D eigenvalue weighted by Gasteiger charge is -2.11. The van der Waals surface area contributed by atoms with Crippen LogP contribution in [0.1, 0.15) is 41.1 Å². The van der Waals surface area contributed by atoms with Crippen LogP contribution in [0.5, 0.6) is 0 Å². The monoisotopic (exact) mass is 328 g/mol. The molecule has 4 rings (SSSR count). The van der Waals surface area contributed by atoms with Crippen molar-refractivity contribution < 1.29 is 0 Å². The van der Waals surface area contributed by atoms with Gasteiger partial charge < -0.3 is 5.32 Å². The first-order valence-electron chi connectivity index (χ1n) is 8.64. The van der Waals surface area contributed by atoms with Gasteiger partial charge in [0.05, 0.1) is 23.0 Å². The van der Waals surface area contributed by atoms with Crippen LogP contribution in [0.15, 0.2) is 54.6 Å². The summed E-state index contributed by atoms with van der Waals surface area (Å²) in [7, 11) is 0. The molecular formula is C21H20N4. The minimum atomic E-state index is 0.604. The summed E-state index contributed by atoms with van der Waals surface area (Å²) in [6.07, 6.45) is 2.46. The smallest absolute Gasteiger partial charge is 0.133 e. The average molecular weight is 328 g/mol.